The van der Waals surface area contributed by atoms with Crippen LogP contribution in [0.1, 0.15) is 29.8 Å². The van der Waals surface area contributed by atoms with E-state index in [0.717, 1.165) is 10.5 Å². The first-order valence-corrected chi connectivity index (χ1v) is 5.45. The summed E-state index contributed by atoms with van der Waals surface area (Å²) in [7, 11) is 1.35. The maximum atomic E-state index is 13.6. The third kappa shape index (κ3) is 2.50. The number of carbonyl (C=O) groups is 2. The number of carbonyl (C=O) groups excluding carboxylic acids is 1. The lowest BCUT2D eigenvalue weighted by Crippen LogP contribution is -2.50. The van der Waals surface area contributed by atoms with Crippen molar-refractivity contribution in [1.82, 2.24) is 4.90 Å². The molecule has 4 nitrogen and oxygen atoms in total. The monoisotopic (exact) mass is 253 g/mol. The van der Waals surface area contributed by atoms with Crippen LogP contribution in [-0.2, 0) is 4.79 Å². The Labute approximate surface area is 105 Å². The van der Waals surface area contributed by atoms with Gasteiger partial charge >= 0.3 is 5.97 Å². The number of likely N-dealkylation sites (N-methyl/N-ethyl adjacent to an activating group) is 1. The van der Waals surface area contributed by atoms with Gasteiger partial charge in [-0.15, -0.1) is 0 Å². The zero-order valence-electron chi connectivity index (χ0n) is 10.8. The molecule has 0 aliphatic rings. The lowest BCUT2D eigenvalue weighted by Gasteiger charge is -2.31. The van der Waals surface area contributed by atoms with Crippen molar-refractivity contribution >= 4 is 11.9 Å². The van der Waals surface area contributed by atoms with Gasteiger partial charge in [-0.1, -0.05) is 11.6 Å². The van der Waals surface area contributed by atoms with Gasteiger partial charge < -0.3 is 10.0 Å². The first-order chi connectivity index (χ1) is 8.17. The summed E-state index contributed by atoms with van der Waals surface area (Å²) in [4.78, 5) is 24.2. The van der Waals surface area contributed by atoms with Gasteiger partial charge in [-0.25, -0.2) is 9.18 Å². The molecular weight excluding hydrogens is 237 g/mol. The molecule has 0 atom stereocenters. The summed E-state index contributed by atoms with van der Waals surface area (Å²) in [6, 6.07) is 4.16. The lowest BCUT2D eigenvalue weighted by atomic mass is 10.0. The average molecular weight is 253 g/mol. The minimum Gasteiger partial charge on any atom is -0.480 e. The lowest BCUT2D eigenvalue weighted by molar-refractivity contribution is -0.147. The molecule has 1 N–H and O–H groups in total. The Morgan fingerprint density at radius 1 is 1.33 bits per heavy atom. The van der Waals surface area contributed by atoms with Gasteiger partial charge in [-0.05, 0) is 32.9 Å². The Morgan fingerprint density at radius 2 is 1.89 bits per heavy atom. The molecule has 0 aliphatic carbocycles. The number of nitrogens with zero attached hydrogens (tertiary/aromatic N) is 1. The van der Waals surface area contributed by atoms with E-state index in [0.29, 0.717) is 0 Å². The zero-order chi connectivity index (χ0) is 14.1. The van der Waals surface area contributed by atoms with E-state index in [2.05, 4.69) is 0 Å². The van der Waals surface area contributed by atoms with Crippen molar-refractivity contribution in [2.75, 3.05) is 7.05 Å². The third-order valence-corrected chi connectivity index (χ3v) is 3.02. The number of halogens is 1. The molecular formula is C13H16FNO3. The van der Waals surface area contributed by atoms with Crippen molar-refractivity contribution in [3.8, 4) is 0 Å². The molecule has 0 bridgehead atoms. The first kappa shape index (κ1) is 14.2. The fourth-order valence-electron chi connectivity index (χ4n) is 1.38. The summed E-state index contributed by atoms with van der Waals surface area (Å²) < 4.78 is 13.6. The molecule has 0 heterocycles. The molecule has 0 saturated carbocycles. The smallest absolute Gasteiger partial charge is 0.329 e. The minimum atomic E-state index is -1.40. The van der Waals surface area contributed by atoms with E-state index >= 15 is 0 Å². The van der Waals surface area contributed by atoms with Crippen LogP contribution in [0, 0.1) is 12.7 Å². The zero-order valence-corrected chi connectivity index (χ0v) is 10.8. The number of hydrogen-bond donors (Lipinski definition) is 1. The van der Waals surface area contributed by atoms with Crippen molar-refractivity contribution in [2.45, 2.75) is 26.3 Å². The van der Waals surface area contributed by atoms with Gasteiger partial charge in [-0.3, -0.25) is 4.79 Å². The van der Waals surface area contributed by atoms with Crippen LogP contribution in [0.15, 0.2) is 18.2 Å². The SMILES string of the molecule is Cc1ccc(F)c(C(=O)N(C)C(C)(C)C(=O)O)c1. The highest BCUT2D eigenvalue weighted by Gasteiger charge is 2.36. The topological polar surface area (TPSA) is 57.6 Å². The van der Waals surface area contributed by atoms with Crippen molar-refractivity contribution < 1.29 is 19.1 Å². The highest BCUT2D eigenvalue weighted by atomic mass is 19.1. The van der Waals surface area contributed by atoms with Crippen LogP contribution in [-0.4, -0.2) is 34.5 Å². The molecule has 0 radical (unpaired) electrons. The second-order valence-corrected chi connectivity index (χ2v) is 4.71. The number of aliphatic carboxylic acids is 1. The van der Waals surface area contributed by atoms with Gasteiger partial charge in [0.1, 0.15) is 11.4 Å². The highest BCUT2D eigenvalue weighted by Crippen LogP contribution is 2.19. The Bertz CT molecular complexity index is 497. The average Bonchev–Trinajstić information content (AvgIpc) is 2.30. The van der Waals surface area contributed by atoms with E-state index in [4.69, 9.17) is 5.11 Å². The van der Waals surface area contributed by atoms with Crippen molar-refractivity contribution in [1.29, 1.82) is 0 Å². The Hall–Kier alpha value is -1.91. The Morgan fingerprint density at radius 3 is 2.39 bits per heavy atom. The number of amides is 1. The standard InChI is InChI=1S/C13H16FNO3/c1-8-5-6-10(14)9(7-8)11(16)15(4)13(2,3)12(17)18/h5-7H,1-4H3,(H,17,18). The number of carboxylic acids is 1. The van der Waals surface area contributed by atoms with Crippen molar-refractivity contribution in [2.24, 2.45) is 0 Å². The number of rotatable bonds is 3. The van der Waals surface area contributed by atoms with E-state index in [1.54, 1.807) is 13.0 Å². The van der Waals surface area contributed by atoms with Gasteiger partial charge in [0.15, 0.2) is 0 Å². The fraction of sp³-hybridized carbons (Fsp3) is 0.385. The van der Waals surface area contributed by atoms with E-state index < -0.39 is 23.2 Å². The van der Waals surface area contributed by atoms with Crippen LogP contribution in [0.5, 0.6) is 0 Å². The number of hydrogen-bond acceptors (Lipinski definition) is 2. The summed E-state index contributed by atoms with van der Waals surface area (Å²) in [5.41, 5.74) is -0.777. The maximum Gasteiger partial charge on any atom is 0.329 e. The fourth-order valence-corrected chi connectivity index (χ4v) is 1.38. The van der Waals surface area contributed by atoms with Crippen LogP contribution in [0.25, 0.3) is 0 Å². The van der Waals surface area contributed by atoms with Crippen LogP contribution in [0.3, 0.4) is 0 Å². The largest absolute Gasteiger partial charge is 0.480 e. The van der Waals surface area contributed by atoms with Gasteiger partial charge in [-0.2, -0.15) is 0 Å². The molecule has 0 spiro atoms. The predicted molar refractivity (Wildman–Crippen MR) is 64.9 cm³/mol. The van der Waals surface area contributed by atoms with Crippen molar-refractivity contribution in [3.05, 3.63) is 35.1 Å². The molecule has 1 rings (SSSR count). The minimum absolute atomic E-state index is 0.119. The third-order valence-electron chi connectivity index (χ3n) is 3.02. The molecule has 1 aromatic rings. The predicted octanol–water partition coefficient (Wildman–Crippen LogP) is 2.07. The van der Waals surface area contributed by atoms with Gasteiger partial charge in [0.05, 0.1) is 5.56 Å². The van der Waals surface area contributed by atoms with Gasteiger partial charge in [0.2, 0.25) is 0 Å². The molecule has 1 amide bonds. The van der Waals surface area contributed by atoms with E-state index in [9.17, 15) is 14.0 Å². The Kier molecular flexibility index (Phi) is 3.74. The van der Waals surface area contributed by atoms with E-state index in [1.165, 1.54) is 33.0 Å². The molecule has 5 heteroatoms. The number of aryl methyl sites for hydroxylation is 1. The first-order valence-electron chi connectivity index (χ1n) is 5.45. The summed E-state index contributed by atoms with van der Waals surface area (Å²) >= 11 is 0. The molecule has 98 valence electrons. The highest BCUT2D eigenvalue weighted by molar-refractivity contribution is 5.97. The molecule has 0 fully saturated rings. The molecule has 0 aliphatic heterocycles. The van der Waals surface area contributed by atoms with Crippen LogP contribution in [0.4, 0.5) is 4.39 Å². The summed E-state index contributed by atoms with van der Waals surface area (Å²) in [6.45, 7) is 4.51. The maximum absolute atomic E-state index is 13.6. The summed E-state index contributed by atoms with van der Waals surface area (Å²) in [5, 5.41) is 9.04. The van der Waals surface area contributed by atoms with E-state index in [-0.39, 0.29) is 5.56 Å². The number of benzene rings is 1. The molecule has 0 unspecified atom stereocenters. The van der Waals surface area contributed by atoms with Crippen LogP contribution in [0.2, 0.25) is 0 Å². The summed E-state index contributed by atoms with van der Waals surface area (Å²) in [5.74, 6) is -2.45. The van der Waals surface area contributed by atoms with Crippen LogP contribution < -0.4 is 0 Å². The Balaban J connectivity index is 3.15. The molecule has 1 aromatic carbocycles. The second-order valence-electron chi connectivity index (χ2n) is 4.71. The molecule has 18 heavy (non-hydrogen) atoms. The van der Waals surface area contributed by atoms with Crippen molar-refractivity contribution in [3.63, 3.8) is 0 Å². The van der Waals surface area contributed by atoms with Gasteiger partial charge in [0, 0.05) is 7.05 Å². The van der Waals surface area contributed by atoms with Crippen LogP contribution >= 0.6 is 0 Å². The molecule has 0 saturated heterocycles. The normalized spacial score (nSPS) is 11.2. The number of carboxylic acid groups (broad SMARTS) is 1. The van der Waals surface area contributed by atoms with Gasteiger partial charge in [0.25, 0.3) is 5.91 Å². The summed E-state index contributed by atoms with van der Waals surface area (Å²) in [6.07, 6.45) is 0. The second kappa shape index (κ2) is 4.76. The quantitative estimate of drug-likeness (QED) is 0.897. The molecule has 0 aromatic heterocycles. The van der Waals surface area contributed by atoms with E-state index in [1.807, 2.05) is 0 Å².